The molecule has 3 fully saturated rings. The van der Waals surface area contributed by atoms with Gasteiger partial charge in [-0.25, -0.2) is 9.59 Å². The molecule has 11 atom stereocenters. The van der Waals surface area contributed by atoms with Gasteiger partial charge in [-0.1, -0.05) is 50.8 Å². The number of methoxy groups -OCH3 is 2. The lowest BCUT2D eigenvalue weighted by Gasteiger charge is -2.43. The Kier molecular flexibility index (Phi) is 13.4. The van der Waals surface area contributed by atoms with Gasteiger partial charge in [-0.05, 0) is 50.9 Å². The van der Waals surface area contributed by atoms with Gasteiger partial charge in [0.25, 0.3) is 0 Å². The van der Waals surface area contributed by atoms with Crippen molar-refractivity contribution in [2.75, 3.05) is 27.0 Å². The number of ether oxygens (including phenoxy) is 5. The van der Waals surface area contributed by atoms with Crippen molar-refractivity contribution < 1.29 is 48.0 Å². The Bertz CT molecular complexity index is 1360. The number of epoxide rings is 1. The number of allylic oxidation sites excluding steroid dienone is 3. The zero-order valence-electron chi connectivity index (χ0n) is 30.5. The third-order valence-corrected chi connectivity index (χ3v) is 12.0. The number of hydrogen-bond acceptors (Lipinski definition) is 11. The Morgan fingerprint density at radius 2 is 1.86 bits per heavy atom. The topological polar surface area (TPSA) is 153 Å². The molecule has 4 aliphatic rings. The molecular weight excluding hydrogens is 688 g/mol. The van der Waals surface area contributed by atoms with Crippen molar-refractivity contribution in [3.63, 3.8) is 0 Å². The number of Topliss-reactive ketones (excluding diaryl/α,β-unsaturated/α-hetero) is 1. The number of hydrogen-bond donors (Lipinski definition) is 3. The number of rotatable bonds is 7. The number of ketones is 1. The molecular formula is C36H55ClN2O10S. The summed E-state index contributed by atoms with van der Waals surface area (Å²) in [6, 6.07) is -0.939. The predicted octanol–water partition coefficient (Wildman–Crippen LogP) is 4.91. The van der Waals surface area contributed by atoms with Crippen molar-refractivity contribution in [3.8, 4) is 0 Å². The number of nitrogens with zero attached hydrogens (tertiary/aromatic N) is 1. The molecule has 0 aromatic heterocycles. The van der Waals surface area contributed by atoms with Crippen molar-refractivity contribution >= 4 is 48.0 Å². The van der Waals surface area contributed by atoms with Crippen molar-refractivity contribution in [2.24, 2.45) is 23.7 Å². The third kappa shape index (κ3) is 8.82. The first-order chi connectivity index (χ1) is 23.5. The van der Waals surface area contributed by atoms with Gasteiger partial charge in [-0.15, -0.1) is 0 Å². The van der Waals surface area contributed by atoms with E-state index in [2.05, 4.69) is 24.9 Å². The highest BCUT2D eigenvalue weighted by Gasteiger charge is 2.64. The van der Waals surface area contributed by atoms with Crippen LogP contribution in [0, 0.1) is 23.7 Å². The summed E-state index contributed by atoms with van der Waals surface area (Å²) in [6.45, 7) is 9.16. The van der Waals surface area contributed by atoms with Crippen molar-refractivity contribution in [2.45, 2.75) is 128 Å². The third-order valence-electron chi connectivity index (χ3n) is 11.3. The van der Waals surface area contributed by atoms with Crippen LogP contribution < -0.4 is 5.32 Å². The molecule has 2 aliphatic carbocycles. The summed E-state index contributed by atoms with van der Waals surface area (Å²) in [5, 5.41) is 14.8. The van der Waals surface area contributed by atoms with Gasteiger partial charge in [0.2, 0.25) is 5.91 Å². The molecule has 0 radical (unpaired) electrons. The molecule has 1 saturated carbocycles. The van der Waals surface area contributed by atoms with E-state index in [1.54, 1.807) is 21.0 Å². The maximum Gasteiger partial charge on any atom is 0.409 e. The maximum atomic E-state index is 14.2. The highest BCUT2D eigenvalue weighted by atomic mass is 35.5. The molecule has 0 spiro atoms. The van der Waals surface area contributed by atoms with Crippen LogP contribution in [-0.4, -0.2) is 103 Å². The van der Waals surface area contributed by atoms with Crippen LogP contribution in [0.25, 0.3) is 0 Å². The Hall–Kier alpha value is -2.32. The number of halogens is 1. The van der Waals surface area contributed by atoms with Crippen LogP contribution in [0.1, 0.15) is 86.0 Å². The first-order valence-electron chi connectivity index (χ1n) is 17.6. The van der Waals surface area contributed by atoms with Gasteiger partial charge in [-0.3, -0.25) is 14.9 Å². The monoisotopic (exact) mass is 742 g/mol. The van der Waals surface area contributed by atoms with Crippen LogP contribution in [0.3, 0.4) is 0 Å². The average Bonchev–Trinajstić information content (AvgIpc) is 3.76. The van der Waals surface area contributed by atoms with Gasteiger partial charge in [0.05, 0.1) is 18.2 Å². The van der Waals surface area contributed by atoms with E-state index >= 15 is 0 Å². The van der Waals surface area contributed by atoms with Crippen LogP contribution in [0.4, 0.5) is 4.79 Å². The second kappa shape index (κ2) is 16.6. The molecule has 2 heterocycles. The highest BCUT2D eigenvalue weighted by Crippen LogP contribution is 2.50. The summed E-state index contributed by atoms with van der Waals surface area (Å²) in [5.41, 5.74) is -1.72. The minimum absolute atomic E-state index is 0.0396. The van der Waals surface area contributed by atoms with Crippen molar-refractivity contribution in [3.05, 3.63) is 22.4 Å². The molecule has 50 heavy (non-hydrogen) atoms. The van der Waals surface area contributed by atoms with Crippen molar-refractivity contribution in [1.29, 1.82) is 0 Å². The van der Waals surface area contributed by atoms with E-state index in [-0.39, 0.29) is 42.8 Å². The second-order valence-corrected chi connectivity index (χ2v) is 15.7. The van der Waals surface area contributed by atoms with E-state index in [1.807, 2.05) is 19.9 Å². The van der Waals surface area contributed by atoms with E-state index in [4.69, 9.17) is 35.3 Å². The number of likely N-dealkylation sites (N-methyl/N-ethyl adjacent to an activating group) is 1. The zero-order valence-corrected chi connectivity index (χ0v) is 32.2. The molecule has 4 rings (SSSR count). The molecule has 2 amide bonds. The summed E-state index contributed by atoms with van der Waals surface area (Å²) >= 11 is 11.0. The van der Waals surface area contributed by atoms with Gasteiger partial charge < -0.3 is 33.7 Å². The fourth-order valence-corrected chi connectivity index (χ4v) is 8.32. The van der Waals surface area contributed by atoms with Crippen LogP contribution in [0.2, 0.25) is 0 Å². The Labute approximate surface area is 306 Å². The van der Waals surface area contributed by atoms with Gasteiger partial charge in [-0.2, -0.15) is 12.6 Å². The number of carbonyl (C=O) groups is 4. The van der Waals surface area contributed by atoms with E-state index in [0.29, 0.717) is 29.4 Å². The van der Waals surface area contributed by atoms with Crippen LogP contribution >= 0.6 is 24.2 Å². The number of amides is 2. The maximum absolute atomic E-state index is 14.2. The zero-order chi connectivity index (χ0) is 37.1. The van der Waals surface area contributed by atoms with E-state index < -0.39 is 65.7 Å². The number of alkyl carbamates (subject to hydrolysis) is 1. The molecule has 2 N–H and O–H groups in total. The smallest absolute Gasteiger partial charge is 0.409 e. The summed E-state index contributed by atoms with van der Waals surface area (Å²) in [4.78, 5) is 54.5. The molecule has 282 valence electrons. The van der Waals surface area contributed by atoms with Gasteiger partial charge in [0, 0.05) is 51.2 Å². The Balaban J connectivity index is 1.70. The minimum Gasteiger partial charge on any atom is -0.496 e. The number of nitrogens with one attached hydrogen (secondary N) is 1. The fourth-order valence-electron chi connectivity index (χ4n) is 7.73. The minimum atomic E-state index is -1.69. The lowest BCUT2D eigenvalue weighted by atomic mass is 9.77. The van der Waals surface area contributed by atoms with Gasteiger partial charge in [0.15, 0.2) is 5.72 Å². The number of fused-ring (bicyclic) bond motifs is 5. The lowest BCUT2D eigenvalue weighted by Crippen LogP contribution is -2.64. The highest BCUT2D eigenvalue weighted by molar-refractivity contribution is 7.80. The summed E-state index contributed by atoms with van der Waals surface area (Å²) in [5.74, 6) is -1.36. The summed E-state index contributed by atoms with van der Waals surface area (Å²) in [7, 11) is 4.59. The fraction of sp³-hybridized carbons (Fsp3) is 0.778. The average molecular weight is 743 g/mol. The molecule has 2 aliphatic heterocycles. The first-order valence-corrected chi connectivity index (χ1v) is 18.6. The van der Waals surface area contributed by atoms with E-state index in [9.17, 15) is 24.3 Å². The van der Waals surface area contributed by atoms with Gasteiger partial charge >= 0.3 is 12.1 Å². The van der Waals surface area contributed by atoms with Crippen LogP contribution in [-0.2, 0) is 38.1 Å². The van der Waals surface area contributed by atoms with E-state index in [0.717, 1.165) is 24.8 Å². The number of esters is 1. The summed E-state index contributed by atoms with van der Waals surface area (Å²) in [6.07, 6.45) is 1.51. The van der Waals surface area contributed by atoms with Crippen LogP contribution in [0.15, 0.2) is 22.4 Å². The molecule has 14 heteroatoms. The quantitative estimate of drug-likeness (QED) is 0.186. The molecule has 3 unspecified atom stereocenters. The normalized spacial score (nSPS) is 37.4. The predicted molar refractivity (Wildman–Crippen MR) is 189 cm³/mol. The number of thiol groups is 1. The second-order valence-electron chi connectivity index (χ2n) is 14.8. The molecule has 0 aromatic rings. The first kappa shape index (κ1) is 40.5. The number of carbonyl (C=O) groups excluding carboxylic acids is 4. The standard InChI is InChI=1S/C36H55ClN2O10S/c1-19-10-9-11-28(46-8)36(44)18-27(47-34(43)38-36)21(3)32-35(5,49-32)29(48-33(42)22(4)39(6)30(41)12-13-50)17-25(40)20(2)24-15-23(14-19)16-26(45-7)31(24)37/h16,19-22,24,27-29,32,44,50H,9-15,17-18H2,1-8H3,(H,38,43)/t19?,20?,21-,22+,24?,27+,28-,29+,32+,35+,36+/m1/s1. The Morgan fingerprint density at radius 3 is 2.50 bits per heavy atom. The van der Waals surface area contributed by atoms with Crippen molar-refractivity contribution in [1.82, 2.24) is 10.2 Å². The van der Waals surface area contributed by atoms with E-state index in [1.165, 1.54) is 19.1 Å². The molecule has 4 bridgehead atoms. The summed E-state index contributed by atoms with van der Waals surface area (Å²) < 4.78 is 29.4. The lowest BCUT2D eigenvalue weighted by molar-refractivity contribution is -0.162. The van der Waals surface area contributed by atoms with Crippen LogP contribution in [0.5, 0.6) is 0 Å². The molecule has 2 saturated heterocycles. The Morgan fingerprint density at radius 1 is 1.16 bits per heavy atom. The molecule has 12 nitrogen and oxygen atoms in total. The SMILES string of the molecule is COC1=C(Cl)C2CC(=C1)CC(C)CCC[C@@H](OC)[C@@]1(O)C[C@H](OC(=O)N1)[C@@H](C)[C@@H]1O[C@@]1(C)[C@@H](OC(=O)[C@H](C)N(C)C(=O)CCS)CC(=O)C2C. The van der Waals surface area contributed by atoms with Gasteiger partial charge in [0.1, 0.15) is 41.5 Å². The largest absolute Gasteiger partial charge is 0.496 e. The molecule has 0 aromatic carbocycles. The number of aliphatic hydroxyl groups is 1.